The average molecular weight is 254 g/mol. The first-order valence-corrected chi connectivity index (χ1v) is 6.32. The maximum Gasteiger partial charge on any atom is 0.123 e. The lowest BCUT2D eigenvalue weighted by Gasteiger charge is -2.09. The third-order valence-corrected chi connectivity index (χ3v) is 3.19. The SMILES string of the molecule is C=C(CCc1ccc(O)cc1)c1ccc(C)cc1O. The van der Waals surface area contributed by atoms with Crippen LogP contribution in [-0.2, 0) is 6.42 Å². The van der Waals surface area contributed by atoms with Crippen LogP contribution in [0.15, 0.2) is 49.0 Å². The normalized spacial score (nSPS) is 10.4. The van der Waals surface area contributed by atoms with Gasteiger partial charge in [0.05, 0.1) is 0 Å². The van der Waals surface area contributed by atoms with Crippen molar-refractivity contribution >= 4 is 5.57 Å². The summed E-state index contributed by atoms with van der Waals surface area (Å²) in [5.74, 6) is 0.564. The van der Waals surface area contributed by atoms with Gasteiger partial charge in [-0.1, -0.05) is 30.8 Å². The van der Waals surface area contributed by atoms with Crippen molar-refractivity contribution < 1.29 is 10.2 Å². The first kappa shape index (κ1) is 13.2. The van der Waals surface area contributed by atoms with E-state index in [0.717, 1.165) is 35.1 Å². The molecule has 0 heterocycles. The number of rotatable bonds is 4. The zero-order chi connectivity index (χ0) is 13.8. The molecule has 0 spiro atoms. The summed E-state index contributed by atoms with van der Waals surface area (Å²) in [7, 11) is 0. The maximum atomic E-state index is 9.90. The lowest BCUT2D eigenvalue weighted by molar-refractivity contribution is 0.473. The third kappa shape index (κ3) is 3.38. The predicted molar refractivity (Wildman–Crippen MR) is 78.3 cm³/mol. The van der Waals surface area contributed by atoms with Crippen molar-refractivity contribution in [1.82, 2.24) is 0 Å². The van der Waals surface area contributed by atoms with Gasteiger partial charge in [0, 0.05) is 5.56 Å². The van der Waals surface area contributed by atoms with E-state index in [2.05, 4.69) is 6.58 Å². The monoisotopic (exact) mass is 254 g/mol. The Kier molecular flexibility index (Phi) is 3.91. The molecule has 0 amide bonds. The van der Waals surface area contributed by atoms with Crippen LogP contribution in [-0.4, -0.2) is 10.2 Å². The summed E-state index contributed by atoms with van der Waals surface area (Å²) < 4.78 is 0. The van der Waals surface area contributed by atoms with Gasteiger partial charge >= 0.3 is 0 Å². The Morgan fingerprint density at radius 3 is 2.37 bits per heavy atom. The lowest BCUT2D eigenvalue weighted by atomic mass is 9.98. The van der Waals surface area contributed by atoms with Crippen LogP contribution >= 0.6 is 0 Å². The first-order chi connectivity index (χ1) is 9.06. The molecule has 2 N–H and O–H groups in total. The second kappa shape index (κ2) is 5.61. The molecule has 0 aliphatic carbocycles. The van der Waals surface area contributed by atoms with E-state index in [4.69, 9.17) is 0 Å². The van der Waals surface area contributed by atoms with Crippen molar-refractivity contribution in [2.24, 2.45) is 0 Å². The van der Waals surface area contributed by atoms with Crippen LogP contribution in [0, 0.1) is 6.92 Å². The summed E-state index contributed by atoms with van der Waals surface area (Å²) >= 11 is 0. The molecule has 0 fully saturated rings. The summed E-state index contributed by atoms with van der Waals surface area (Å²) in [5.41, 5.74) is 3.91. The van der Waals surface area contributed by atoms with Crippen LogP contribution in [0.2, 0.25) is 0 Å². The Labute approximate surface area is 113 Å². The number of aromatic hydroxyl groups is 2. The van der Waals surface area contributed by atoms with E-state index in [9.17, 15) is 10.2 Å². The zero-order valence-electron chi connectivity index (χ0n) is 11.1. The number of phenols is 2. The highest BCUT2D eigenvalue weighted by Crippen LogP contribution is 2.28. The molecule has 98 valence electrons. The highest BCUT2D eigenvalue weighted by Gasteiger charge is 2.06. The molecule has 0 aliphatic rings. The minimum atomic E-state index is 0.277. The van der Waals surface area contributed by atoms with E-state index in [-0.39, 0.29) is 11.5 Å². The Morgan fingerprint density at radius 2 is 1.74 bits per heavy atom. The van der Waals surface area contributed by atoms with Gasteiger partial charge in [0.15, 0.2) is 0 Å². The average Bonchev–Trinajstić information content (AvgIpc) is 2.37. The molecule has 2 aromatic carbocycles. The molecule has 19 heavy (non-hydrogen) atoms. The van der Waals surface area contributed by atoms with Gasteiger partial charge in [0.25, 0.3) is 0 Å². The maximum absolute atomic E-state index is 9.90. The van der Waals surface area contributed by atoms with Gasteiger partial charge in [-0.15, -0.1) is 0 Å². The Morgan fingerprint density at radius 1 is 1.05 bits per heavy atom. The van der Waals surface area contributed by atoms with E-state index >= 15 is 0 Å². The Balaban J connectivity index is 2.03. The van der Waals surface area contributed by atoms with Crippen molar-refractivity contribution in [1.29, 1.82) is 0 Å². The van der Waals surface area contributed by atoms with Crippen LogP contribution in [0.3, 0.4) is 0 Å². The number of hydrogen-bond donors (Lipinski definition) is 2. The highest BCUT2D eigenvalue weighted by molar-refractivity contribution is 5.69. The quantitative estimate of drug-likeness (QED) is 0.864. The third-order valence-electron chi connectivity index (χ3n) is 3.19. The van der Waals surface area contributed by atoms with E-state index < -0.39 is 0 Å². The minimum absolute atomic E-state index is 0.277. The summed E-state index contributed by atoms with van der Waals surface area (Å²) in [6.45, 7) is 5.99. The summed E-state index contributed by atoms with van der Waals surface area (Å²) in [5, 5.41) is 19.1. The smallest absolute Gasteiger partial charge is 0.123 e. The molecule has 0 saturated carbocycles. The Bertz CT molecular complexity index is 583. The number of aryl methyl sites for hydroxylation is 2. The van der Waals surface area contributed by atoms with Gasteiger partial charge < -0.3 is 10.2 Å². The molecule has 2 nitrogen and oxygen atoms in total. The summed E-state index contributed by atoms with van der Waals surface area (Å²) in [6.07, 6.45) is 1.62. The molecule has 2 rings (SSSR count). The van der Waals surface area contributed by atoms with Gasteiger partial charge in [-0.05, 0) is 54.7 Å². The van der Waals surface area contributed by atoms with Gasteiger partial charge in [0.1, 0.15) is 11.5 Å². The molecule has 0 saturated heterocycles. The second-order valence-electron chi connectivity index (χ2n) is 4.79. The van der Waals surface area contributed by atoms with Gasteiger partial charge in [0.2, 0.25) is 0 Å². The van der Waals surface area contributed by atoms with Crippen molar-refractivity contribution in [2.45, 2.75) is 19.8 Å². The van der Waals surface area contributed by atoms with E-state index in [1.807, 2.05) is 31.2 Å². The molecule has 0 aromatic heterocycles. The van der Waals surface area contributed by atoms with Crippen LogP contribution in [0.5, 0.6) is 11.5 Å². The highest BCUT2D eigenvalue weighted by atomic mass is 16.3. The number of phenolic OH excluding ortho intramolecular Hbond substituents is 2. The van der Waals surface area contributed by atoms with Crippen LogP contribution in [0.25, 0.3) is 5.57 Å². The van der Waals surface area contributed by atoms with Gasteiger partial charge in [-0.25, -0.2) is 0 Å². The van der Waals surface area contributed by atoms with E-state index in [0.29, 0.717) is 0 Å². The topological polar surface area (TPSA) is 40.5 Å². The molecule has 0 radical (unpaired) electrons. The minimum Gasteiger partial charge on any atom is -0.508 e. The fourth-order valence-corrected chi connectivity index (χ4v) is 2.03. The molecule has 0 bridgehead atoms. The number of hydrogen-bond acceptors (Lipinski definition) is 2. The van der Waals surface area contributed by atoms with Crippen molar-refractivity contribution in [3.63, 3.8) is 0 Å². The van der Waals surface area contributed by atoms with Crippen molar-refractivity contribution in [2.75, 3.05) is 0 Å². The van der Waals surface area contributed by atoms with Crippen molar-refractivity contribution in [3.8, 4) is 11.5 Å². The first-order valence-electron chi connectivity index (χ1n) is 6.32. The van der Waals surface area contributed by atoms with E-state index in [1.165, 1.54) is 0 Å². The van der Waals surface area contributed by atoms with E-state index in [1.54, 1.807) is 18.2 Å². The molecular weight excluding hydrogens is 236 g/mol. The fourth-order valence-electron chi connectivity index (χ4n) is 2.03. The van der Waals surface area contributed by atoms with Crippen LogP contribution in [0.1, 0.15) is 23.1 Å². The lowest BCUT2D eigenvalue weighted by Crippen LogP contribution is -1.90. The predicted octanol–water partition coefficient (Wildman–Crippen LogP) is 4.05. The number of allylic oxidation sites excluding steroid dienone is 1. The van der Waals surface area contributed by atoms with Crippen LogP contribution in [0.4, 0.5) is 0 Å². The largest absolute Gasteiger partial charge is 0.508 e. The molecule has 2 aromatic rings. The second-order valence-corrected chi connectivity index (χ2v) is 4.79. The van der Waals surface area contributed by atoms with Gasteiger partial charge in [-0.3, -0.25) is 0 Å². The van der Waals surface area contributed by atoms with Crippen molar-refractivity contribution in [3.05, 3.63) is 65.7 Å². The molecule has 2 heteroatoms. The molecule has 0 unspecified atom stereocenters. The zero-order valence-corrected chi connectivity index (χ0v) is 11.1. The number of benzene rings is 2. The van der Waals surface area contributed by atoms with Crippen LogP contribution < -0.4 is 0 Å². The Hall–Kier alpha value is -2.22. The molecule has 0 aliphatic heterocycles. The fraction of sp³-hybridized carbons (Fsp3) is 0.176. The summed E-state index contributed by atoms with van der Waals surface area (Å²) in [4.78, 5) is 0. The molecular formula is C17H18O2. The standard InChI is InChI=1S/C17H18O2/c1-12-3-10-16(17(19)11-12)13(2)4-5-14-6-8-15(18)9-7-14/h3,6-11,18-19H,2,4-5H2,1H3. The summed E-state index contributed by atoms with van der Waals surface area (Å²) in [6, 6.07) is 12.8. The molecule has 0 atom stereocenters. The van der Waals surface area contributed by atoms with Gasteiger partial charge in [-0.2, -0.15) is 0 Å².